The number of urea groups is 1. The molecule has 2 saturated heterocycles. The lowest BCUT2D eigenvalue weighted by Gasteiger charge is -2.30. The highest BCUT2D eigenvalue weighted by atomic mass is 32.2. The SMILES string of the molecule is CC(C)(C)c1nc2cc(N3CCCCC3)c(NC(=O)NSCCCN3CCCCC3)cc2s1. The number of rotatable bonds is 7. The van der Waals surface area contributed by atoms with Crippen LogP contribution in [0.3, 0.4) is 0 Å². The van der Waals surface area contributed by atoms with Crippen LogP contribution in [-0.4, -0.2) is 54.4 Å². The van der Waals surface area contributed by atoms with Gasteiger partial charge in [0.1, 0.15) is 0 Å². The van der Waals surface area contributed by atoms with Crippen molar-refractivity contribution in [2.24, 2.45) is 0 Å². The van der Waals surface area contributed by atoms with Crippen LogP contribution in [0.4, 0.5) is 16.2 Å². The van der Waals surface area contributed by atoms with E-state index in [0.717, 1.165) is 58.4 Å². The molecular weight excluding hydrogens is 450 g/mol. The van der Waals surface area contributed by atoms with E-state index in [0.29, 0.717) is 0 Å². The molecule has 2 N–H and O–H groups in total. The number of nitrogens with zero attached hydrogens (tertiary/aromatic N) is 3. The Morgan fingerprint density at radius 3 is 2.45 bits per heavy atom. The van der Waals surface area contributed by atoms with Gasteiger partial charge in [0.25, 0.3) is 0 Å². The van der Waals surface area contributed by atoms with E-state index < -0.39 is 0 Å². The maximum atomic E-state index is 12.7. The fourth-order valence-corrected chi connectivity index (χ4v) is 6.19. The van der Waals surface area contributed by atoms with Crippen molar-refractivity contribution >= 4 is 50.9 Å². The highest BCUT2D eigenvalue weighted by Crippen LogP contribution is 2.38. The fraction of sp³-hybridized carbons (Fsp3) is 0.680. The highest BCUT2D eigenvalue weighted by Gasteiger charge is 2.22. The quantitative estimate of drug-likeness (QED) is 0.357. The molecular formula is C25H39N5OS2. The van der Waals surface area contributed by atoms with Crippen molar-refractivity contribution in [2.75, 3.05) is 48.7 Å². The van der Waals surface area contributed by atoms with Gasteiger partial charge in [-0.3, -0.25) is 4.72 Å². The van der Waals surface area contributed by atoms with Gasteiger partial charge >= 0.3 is 6.03 Å². The molecule has 2 amide bonds. The summed E-state index contributed by atoms with van der Waals surface area (Å²) in [5.41, 5.74) is 3.03. The Bertz CT molecular complexity index is 927. The number of thiazole rings is 1. The van der Waals surface area contributed by atoms with Gasteiger partial charge in [-0.2, -0.15) is 0 Å². The summed E-state index contributed by atoms with van der Waals surface area (Å²) < 4.78 is 4.12. The van der Waals surface area contributed by atoms with E-state index in [2.05, 4.69) is 52.7 Å². The second-order valence-corrected chi connectivity index (χ2v) is 12.2. The lowest BCUT2D eigenvalue weighted by atomic mass is 9.98. The van der Waals surface area contributed by atoms with Crippen molar-refractivity contribution in [3.8, 4) is 0 Å². The van der Waals surface area contributed by atoms with E-state index in [1.165, 1.54) is 63.6 Å². The third kappa shape index (κ3) is 6.76. The van der Waals surface area contributed by atoms with Crippen molar-refractivity contribution in [1.82, 2.24) is 14.6 Å². The number of hydrogen-bond acceptors (Lipinski definition) is 6. The first-order chi connectivity index (χ1) is 15.9. The zero-order valence-corrected chi connectivity index (χ0v) is 22.0. The van der Waals surface area contributed by atoms with E-state index in [-0.39, 0.29) is 11.4 Å². The van der Waals surface area contributed by atoms with E-state index in [1.54, 1.807) is 11.3 Å². The number of nitrogens with one attached hydrogen (secondary N) is 2. The van der Waals surface area contributed by atoms with Gasteiger partial charge in [-0.15, -0.1) is 11.3 Å². The smallest absolute Gasteiger partial charge is 0.329 e. The van der Waals surface area contributed by atoms with Crippen molar-refractivity contribution in [3.63, 3.8) is 0 Å². The molecule has 4 rings (SSSR count). The first-order valence-electron chi connectivity index (χ1n) is 12.5. The Morgan fingerprint density at radius 2 is 1.76 bits per heavy atom. The molecule has 2 fully saturated rings. The molecule has 0 saturated carbocycles. The standard InChI is InChI=1S/C25H39N5OS2/c1-25(2,3)23-26-20-17-21(30-14-8-5-9-15-30)19(18-22(20)33-23)27-24(31)28-32-16-10-13-29-11-6-4-7-12-29/h17-18H,4-16H2,1-3H3,(H2,27,28,31). The molecule has 182 valence electrons. The molecule has 0 unspecified atom stereocenters. The maximum absolute atomic E-state index is 12.7. The molecule has 0 aliphatic carbocycles. The van der Waals surface area contributed by atoms with E-state index >= 15 is 0 Å². The summed E-state index contributed by atoms with van der Waals surface area (Å²) in [5, 5.41) is 4.28. The molecule has 2 aromatic rings. The number of carbonyl (C=O) groups excluding carboxylic acids is 1. The number of fused-ring (bicyclic) bond motifs is 1. The lowest BCUT2D eigenvalue weighted by molar-refractivity contribution is 0.230. The minimum atomic E-state index is -0.142. The van der Waals surface area contributed by atoms with Crippen LogP contribution in [0.15, 0.2) is 12.1 Å². The lowest BCUT2D eigenvalue weighted by Crippen LogP contribution is -2.32. The maximum Gasteiger partial charge on any atom is 0.329 e. The number of carbonyl (C=O) groups is 1. The molecule has 0 bridgehead atoms. The number of benzene rings is 1. The zero-order valence-electron chi connectivity index (χ0n) is 20.4. The predicted molar refractivity (Wildman–Crippen MR) is 144 cm³/mol. The Kier molecular flexibility index (Phi) is 8.41. The summed E-state index contributed by atoms with van der Waals surface area (Å²) in [6.45, 7) is 12.3. The topological polar surface area (TPSA) is 60.5 Å². The second-order valence-electron chi connectivity index (χ2n) is 10.3. The van der Waals surface area contributed by atoms with Crippen LogP contribution in [0.5, 0.6) is 0 Å². The van der Waals surface area contributed by atoms with Gasteiger partial charge in [-0.05, 0) is 82.2 Å². The van der Waals surface area contributed by atoms with Crippen LogP contribution < -0.4 is 14.9 Å². The van der Waals surface area contributed by atoms with Crippen LogP contribution >= 0.6 is 23.3 Å². The van der Waals surface area contributed by atoms with Gasteiger partial charge in [0, 0.05) is 24.3 Å². The van der Waals surface area contributed by atoms with E-state index in [1.807, 2.05) is 0 Å². The highest BCUT2D eigenvalue weighted by molar-refractivity contribution is 7.97. The third-order valence-corrected chi connectivity index (χ3v) is 8.69. The molecule has 8 heteroatoms. The predicted octanol–water partition coefficient (Wildman–Crippen LogP) is 6.23. The molecule has 0 spiro atoms. The Balaban J connectivity index is 1.39. The molecule has 0 radical (unpaired) electrons. The Morgan fingerprint density at radius 1 is 1.06 bits per heavy atom. The average molecular weight is 490 g/mol. The van der Waals surface area contributed by atoms with Crippen molar-refractivity contribution in [1.29, 1.82) is 0 Å². The minimum Gasteiger partial charge on any atom is -0.370 e. The zero-order chi connectivity index (χ0) is 23.3. The first-order valence-corrected chi connectivity index (χ1v) is 14.3. The van der Waals surface area contributed by atoms with Gasteiger partial charge in [0.15, 0.2) is 0 Å². The van der Waals surface area contributed by atoms with Gasteiger partial charge in [-0.25, -0.2) is 9.78 Å². The van der Waals surface area contributed by atoms with E-state index in [4.69, 9.17) is 4.98 Å². The van der Waals surface area contributed by atoms with Gasteiger partial charge < -0.3 is 15.1 Å². The monoisotopic (exact) mass is 489 g/mol. The third-order valence-electron chi connectivity index (χ3n) is 6.43. The van der Waals surface area contributed by atoms with Crippen LogP contribution in [0.1, 0.15) is 70.7 Å². The molecule has 33 heavy (non-hydrogen) atoms. The Hall–Kier alpha value is -1.51. The molecule has 3 heterocycles. The van der Waals surface area contributed by atoms with Crippen LogP contribution in [0, 0.1) is 0 Å². The minimum absolute atomic E-state index is 0.0186. The largest absolute Gasteiger partial charge is 0.370 e. The summed E-state index contributed by atoms with van der Waals surface area (Å²) in [4.78, 5) is 22.6. The summed E-state index contributed by atoms with van der Waals surface area (Å²) in [6, 6.07) is 4.15. The van der Waals surface area contributed by atoms with Gasteiger partial charge in [0.2, 0.25) is 0 Å². The number of hydrogen-bond donors (Lipinski definition) is 2. The van der Waals surface area contributed by atoms with Gasteiger partial charge in [0.05, 0.1) is 26.6 Å². The number of piperidine rings is 2. The number of likely N-dealkylation sites (tertiary alicyclic amines) is 1. The molecule has 1 aromatic carbocycles. The summed E-state index contributed by atoms with van der Waals surface area (Å²) in [5.74, 6) is 0.936. The van der Waals surface area contributed by atoms with Gasteiger partial charge in [-0.1, -0.05) is 27.2 Å². The average Bonchev–Trinajstić information content (AvgIpc) is 3.23. The fourth-order valence-electron chi connectivity index (χ4n) is 4.59. The molecule has 1 aromatic heterocycles. The molecule has 2 aliphatic heterocycles. The van der Waals surface area contributed by atoms with Crippen molar-refractivity contribution in [2.45, 2.75) is 71.1 Å². The second kappa shape index (κ2) is 11.3. The van der Waals surface area contributed by atoms with Crippen molar-refractivity contribution < 1.29 is 4.79 Å². The van der Waals surface area contributed by atoms with Crippen LogP contribution in [-0.2, 0) is 5.41 Å². The number of anilines is 2. The molecule has 6 nitrogen and oxygen atoms in total. The number of aromatic nitrogens is 1. The normalized spacial score (nSPS) is 18.0. The van der Waals surface area contributed by atoms with Crippen molar-refractivity contribution in [3.05, 3.63) is 17.1 Å². The van der Waals surface area contributed by atoms with Crippen LogP contribution in [0.2, 0.25) is 0 Å². The number of amides is 2. The summed E-state index contributed by atoms with van der Waals surface area (Å²) in [6.07, 6.45) is 8.80. The molecule has 0 atom stereocenters. The van der Waals surface area contributed by atoms with Crippen LogP contribution in [0.25, 0.3) is 10.2 Å². The van der Waals surface area contributed by atoms with E-state index in [9.17, 15) is 4.79 Å². The Labute approximate surface area is 207 Å². The summed E-state index contributed by atoms with van der Waals surface area (Å²) >= 11 is 3.24. The first kappa shape index (κ1) is 24.6. The molecule has 2 aliphatic rings. The summed E-state index contributed by atoms with van der Waals surface area (Å²) in [7, 11) is 0.